The van der Waals surface area contributed by atoms with Gasteiger partial charge >= 0.3 is 0 Å². The van der Waals surface area contributed by atoms with Gasteiger partial charge in [-0.2, -0.15) is 4.31 Å². The second-order valence-corrected chi connectivity index (χ2v) is 8.85. The number of halogens is 1. The van der Waals surface area contributed by atoms with Crippen LogP contribution in [0.15, 0.2) is 27.6 Å². The summed E-state index contributed by atoms with van der Waals surface area (Å²) in [6, 6.07) is 5.05. The molecule has 0 fully saturated rings. The van der Waals surface area contributed by atoms with Crippen LogP contribution in [-0.4, -0.2) is 25.8 Å². The minimum Gasteiger partial charge on any atom is -0.326 e. The van der Waals surface area contributed by atoms with E-state index in [9.17, 15) is 8.42 Å². The van der Waals surface area contributed by atoms with Crippen molar-refractivity contribution in [1.82, 2.24) is 4.31 Å². The van der Waals surface area contributed by atoms with Crippen molar-refractivity contribution in [1.29, 1.82) is 0 Å². The van der Waals surface area contributed by atoms with Gasteiger partial charge in [-0.05, 0) is 46.0 Å². The van der Waals surface area contributed by atoms with Crippen molar-refractivity contribution in [2.75, 3.05) is 7.05 Å². The maximum Gasteiger partial charge on any atom is 0.244 e. The molecule has 1 unspecified atom stereocenters. The van der Waals surface area contributed by atoms with Crippen molar-refractivity contribution < 1.29 is 8.42 Å². The van der Waals surface area contributed by atoms with Gasteiger partial charge in [0.15, 0.2) is 0 Å². The maximum absolute atomic E-state index is 12.8. The first-order valence-corrected chi connectivity index (χ1v) is 8.71. The van der Waals surface area contributed by atoms with E-state index < -0.39 is 10.0 Å². The topological polar surface area (TPSA) is 63.4 Å². The molecule has 6 heteroatoms. The van der Waals surface area contributed by atoms with E-state index in [1.165, 1.54) is 4.31 Å². The van der Waals surface area contributed by atoms with Crippen LogP contribution < -0.4 is 5.73 Å². The highest BCUT2D eigenvalue weighted by Crippen LogP contribution is 2.31. The normalized spacial score (nSPS) is 14.6. The number of nitrogens with two attached hydrogens (primary N) is 1. The van der Waals surface area contributed by atoms with Crippen LogP contribution in [0.3, 0.4) is 0 Å². The predicted molar refractivity (Wildman–Crippen MR) is 85.9 cm³/mol. The standard InChI is InChI=1S/C14H23BrN2O2S/c1-10(14(2,3)4)17(5)20(18,19)13-8-11(9-16)6-7-12(13)15/h6-8,10H,9,16H2,1-5H3. The Labute approximate surface area is 130 Å². The molecule has 4 nitrogen and oxygen atoms in total. The van der Waals surface area contributed by atoms with Gasteiger partial charge in [-0.3, -0.25) is 0 Å². The number of sulfonamides is 1. The summed E-state index contributed by atoms with van der Waals surface area (Å²) in [5.74, 6) is 0. The molecule has 20 heavy (non-hydrogen) atoms. The molecule has 1 atom stereocenters. The zero-order chi connectivity index (χ0) is 15.7. The summed E-state index contributed by atoms with van der Waals surface area (Å²) in [7, 11) is -1.94. The maximum atomic E-state index is 12.8. The Morgan fingerprint density at radius 1 is 1.35 bits per heavy atom. The number of benzene rings is 1. The molecule has 0 aromatic heterocycles. The van der Waals surface area contributed by atoms with Gasteiger partial charge in [-0.1, -0.05) is 26.8 Å². The first-order valence-electron chi connectivity index (χ1n) is 6.48. The van der Waals surface area contributed by atoms with Gasteiger partial charge in [-0.15, -0.1) is 0 Å². The van der Waals surface area contributed by atoms with Crippen LogP contribution in [0, 0.1) is 5.41 Å². The Bertz CT molecular complexity index is 579. The van der Waals surface area contributed by atoms with E-state index in [1.807, 2.05) is 33.8 Å². The molecule has 0 aliphatic rings. The fourth-order valence-electron chi connectivity index (χ4n) is 1.78. The fourth-order valence-corrected chi connectivity index (χ4v) is 4.30. The highest BCUT2D eigenvalue weighted by molar-refractivity contribution is 9.10. The molecule has 1 rings (SSSR count). The van der Waals surface area contributed by atoms with Crippen LogP contribution >= 0.6 is 15.9 Å². The third-order valence-corrected chi connectivity index (χ3v) is 6.61. The van der Waals surface area contributed by atoms with Crippen molar-refractivity contribution >= 4 is 26.0 Å². The molecule has 2 N–H and O–H groups in total. The lowest BCUT2D eigenvalue weighted by Gasteiger charge is -2.34. The summed E-state index contributed by atoms with van der Waals surface area (Å²) in [5, 5.41) is 0. The fraction of sp³-hybridized carbons (Fsp3) is 0.571. The average Bonchev–Trinajstić information content (AvgIpc) is 2.36. The molecule has 0 radical (unpaired) electrons. The highest BCUT2D eigenvalue weighted by atomic mass is 79.9. The van der Waals surface area contributed by atoms with Crippen LogP contribution in [-0.2, 0) is 16.6 Å². The van der Waals surface area contributed by atoms with E-state index in [0.29, 0.717) is 11.0 Å². The molecule has 0 amide bonds. The van der Waals surface area contributed by atoms with Crippen LogP contribution in [0.5, 0.6) is 0 Å². The second kappa shape index (κ2) is 6.13. The molecule has 0 heterocycles. The lowest BCUT2D eigenvalue weighted by molar-refractivity contribution is 0.216. The molecular formula is C14H23BrN2O2S. The molecular weight excluding hydrogens is 340 g/mol. The van der Waals surface area contributed by atoms with E-state index in [1.54, 1.807) is 19.2 Å². The molecule has 114 valence electrons. The van der Waals surface area contributed by atoms with Gasteiger partial charge < -0.3 is 5.73 Å². The Kier molecular flexibility index (Phi) is 5.40. The third kappa shape index (κ3) is 3.61. The largest absolute Gasteiger partial charge is 0.326 e. The van der Waals surface area contributed by atoms with Crippen molar-refractivity contribution in [2.24, 2.45) is 11.1 Å². The molecule has 0 bridgehead atoms. The molecule has 0 aliphatic heterocycles. The first kappa shape index (κ1) is 17.6. The number of rotatable bonds is 4. The van der Waals surface area contributed by atoms with Gasteiger partial charge in [0.2, 0.25) is 10.0 Å². The number of hydrogen-bond acceptors (Lipinski definition) is 3. The van der Waals surface area contributed by atoms with Gasteiger partial charge in [0.25, 0.3) is 0 Å². The number of hydrogen-bond donors (Lipinski definition) is 1. The Morgan fingerprint density at radius 3 is 2.35 bits per heavy atom. The minimum atomic E-state index is -3.55. The Balaban J connectivity index is 3.30. The van der Waals surface area contributed by atoms with Crippen molar-refractivity contribution in [3.8, 4) is 0 Å². The van der Waals surface area contributed by atoms with Crippen molar-refractivity contribution in [3.05, 3.63) is 28.2 Å². The van der Waals surface area contributed by atoms with Crippen LogP contribution in [0.2, 0.25) is 0 Å². The quantitative estimate of drug-likeness (QED) is 0.895. The van der Waals surface area contributed by atoms with E-state index in [-0.39, 0.29) is 16.4 Å². The zero-order valence-corrected chi connectivity index (χ0v) is 15.0. The molecule has 0 saturated heterocycles. The highest BCUT2D eigenvalue weighted by Gasteiger charge is 2.33. The summed E-state index contributed by atoms with van der Waals surface area (Å²) in [6.45, 7) is 8.30. The lowest BCUT2D eigenvalue weighted by Crippen LogP contribution is -2.43. The molecule has 0 aliphatic carbocycles. The monoisotopic (exact) mass is 362 g/mol. The van der Waals surface area contributed by atoms with Gasteiger partial charge in [-0.25, -0.2) is 8.42 Å². The summed E-state index contributed by atoms with van der Waals surface area (Å²) in [4.78, 5) is 0.263. The minimum absolute atomic E-state index is 0.124. The van der Waals surface area contributed by atoms with Gasteiger partial charge in [0.1, 0.15) is 0 Å². The summed E-state index contributed by atoms with van der Waals surface area (Å²) < 4.78 is 27.5. The van der Waals surface area contributed by atoms with E-state index in [0.717, 1.165) is 5.56 Å². The first-order chi connectivity index (χ1) is 9.01. The Morgan fingerprint density at radius 2 is 1.90 bits per heavy atom. The summed E-state index contributed by atoms with van der Waals surface area (Å²) in [6.07, 6.45) is 0. The SMILES string of the molecule is CC(N(C)S(=O)(=O)c1cc(CN)ccc1Br)C(C)(C)C. The predicted octanol–water partition coefficient (Wildman–Crippen LogP) is 2.96. The lowest BCUT2D eigenvalue weighted by atomic mass is 9.88. The van der Waals surface area contributed by atoms with Crippen molar-refractivity contribution in [2.45, 2.75) is 45.2 Å². The third-order valence-electron chi connectivity index (χ3n) is 3.69. The van der Waals surface area contributed by atoms with Crippen LogP contribution in [0.4, 0.5) is 0 Å². The summed E-state index contributed by atoms with van der Waals surface area (Å²) >= 11 is 3.32. The summed E-state index contributed by atoms with van der Waals surface area (Å²) in [5.41, 5.74) is 6.25. The molecule has 0 spiro atoms. The van der Waals surface area contributed by atoms with E-state index in [4.69, 9.17) is 5.73 Å². The Hall–Kier alpha value is -0.430. The molecule has 0 saturated carbocycles. The van der Waals surface area contributed by atoms with Gasteiger partial charge in [0.05, 0.1) is 4.90 Å². The van der Waals surface area contributed by atoms with E-state index >= 15 is 0 Å². The molecule has 1 aromatic rings. The molecule has 1 aromatic carbocycles. The zero-order valence-electron chi connectivity index (χ0n) is 12.6. The average molecular weight is 363 g/mol. The van der Waals surface area contributed by atoms with Crippen LogP contribution in [0.25, 0.3) is 0 Å². The van der Waals surface area contributed by atoms with Gasteiger partial charge in [0, 0.05) is 24.1 Å². The van der Waals surface area contributed by atoms with E-state index in [2.05, 4.69) is 15.9 Å². The van der Waals surface area contributed by atoms with Crippen molar-refractivity contribution in [3.63, 3.8) is 0 Å². The van der Waals surface area contributed by atoms with Crippen LogP contribution in [0.1, 0.15) is 33.3 Å². The second-order valence-electron chi connectivity index (χ2n) is 6.03. The number of nitrogens with zero attached hydrogens (tertiary/aromatic N) is 1. The smallest absolute Gasteiger partial charge is 0.244 e.